The van der Waals surface area contributed by atoms with E-state index in [2.05, 4.69) is 5.32 Å². The van der Waals surface area contributed by atoms with E-state index in [-0.39, 0.29) is 28.6 Å². The average molecular weight is 528 g/mol. The normalized spacial score (nSPS) is 12.6. The monoisotopic (exact) mass is 527 g/mol. The van der Waals surface area contributed by atoms with Gasteiger partial charge in [0.25, 0.3) is 0 Å². The van der Waals surface area contributed by atoms with Gasteiger partial charge in [0.05, 0.1) is 19.1 Å². The zero-order chi connectivity index (χ0) is 26.6. The molecule has 35 heavy (non-hydrogen) atoms. The summed E-state index contributed by atoms with van der Waals surface area (Å²) in [6, 6.07) is 9.22. The summed E-state index contributed by atoms with van der Waals surface area (Å²) in [5.41, 5.74) is -0.332. The molecule has 0 bridgehead atoms. The molecule has 2 aromatic rings. The van der Waals surface area contributed by atoms with Crippen molar-refractivity contribution in [3.8, 4) is 5.75 Å². The SMILES string of the molecule is COc1ccc(Cl)cc1N(CC(=O)N(Cc1ccccc1F)C(C)C(=O)NC(C)(C)C)S(C)(=O)=O. The number of hydrogen-bond donors (Lipinski definition) is 1. The van der Waals surface area contributed by atoms with Crippen LogP contribution >= 0.6 is 11.6 Å². The summed E-state index contributed by atoms with van der Waals surface area (Å²) < 4.78 is 45.9. The maximum absolute atomic E-state index is 14.4. The largest absolute Gasteiger partial charge is 0.495 e. The number of carbonyl (C=O) groups is 2. The maximum Gasteiger partial charge on any atom is 0.244 e. The molecule has 0 aliphatic rings. The number of carbonyl (C=O) groups excluding carboxylic acids is 2. The van der Waals surface area contributed by atoms with Crippen molar-refractivity contribution in [2.75, 3.05) is 24.2 Å². The number of anilines is 1. The van der Waals surface area contributed by atoms with E-state index in [1.807, 2.05) is 0 Å². The third-order valence-electron chi connectivity index (χ3n) is 5.05. The summed E-state index contributed by atoms with van der Waals surface area (Å²) in [7, 11) is -2.62. The molecule has 0 saturated heterocycles. The Kier molecular flexibility index (Phi) is 9.13. The standard InChI is InChI=1S/C24H31ClFN3O5S/c1-16(23(31)27-24(2,3)4)28(14-17-9-7-8-10-19(17)26)22(30)15-29(35(6,32)33)20-13-18(25)11-12-21(20)34-5/h7-13,16H,14-15H2,1-6H3,(H,27,31). The van der Waals surface area contributed by atoms with Gasteiger partial charge >= 0.3 is 0 Å². The van der Waals surface area contributed by atoms with Crippen LogP contribution in [0.1, 0.15) is 33.3 Å². The molecule has 0 spiro atoms. The number of methoxy groups -OCH3 is 1. The number of benzene rings is 2. The van der Waals surface area contributed by atoms with Crippen LogP contribution in [0.5, 0.6) is 5.75 Å². The Morgan fingerprint density at radius 2 is 1.80 bits per heavy atom. The number of nitrogens with zero attached hydrogens (tertiary/aromatic N) is 2. The lowest BCUT2D eigenvalue weighted by molar-refractivity contribution is -0.140. The zero-order valence-electron chi connectivity index (χ0n) is 20.6. The number of hydrogen-bond acceptors (Lipinski definition) is 5. The highest BCUT2D eigenvalue weighted by Gasteiger charge is 2.32. The minimum absolute atomic E-state index is 0.0634. The Morgan fingerprint density at radius 3 is 2.34 bits per heavy atom. The molecule has 11 heteroatoms. The molecule has 8 nitrogen and oxygen atoms in total. The van der Waals surface area contributed by atoms with Gasteiger partial charge in [-0.1, -0.05) is 29.8 Å². The van der Waals surface area contributed by atoms with Gasteiger partial charge in [-0.15, -0.1) is 0 Å². The molecular weight excluding hydrogens is 497 g/mol. The number of amides is 2. The molecule has 0 aliphatic carbocycles. The second-order valence-electron chi connectivity index (χ2n) is 9.11. The van der Waals surface area contributed by atoms with E-state index in [4.69, 9.17) is 16.3 Å². The number of sulfonamides is 1. The number of rotatable bonds is 9. The van der Waals surface area contributed by atoms with Crippen molar-refractivity contribution in [1.29, 1.82) is 0 Å². The van der Waals surface area contributed by atoms with E-state index < -0.39 is 45.8 Å². The smallest absolute Gasteiger partial charge is 0.244 e. The van der Waals surface area contributed by atoms with Crippen molar-refractivity contribution in [2.45, 2.75) is 45.8 Å². The van der Waals surface area contributed by atoms with Crippen LogP contribution in [0, 0.1) is 5.82 Å². The Morgan fingerprint density at radius 1 is 1.17 bits per heavy atom. The van der Waals surface area contributed by atoms with Crippen LogP contribution < -0.4 is 14.4 Å². The summed E-state index contributed by atoms with van der Waals surface area (Å²) in [5.74, 6) is -1.54. The molecule has 1 N–H and O–H groups in total. The van der Waals surface area contributed by atoms with E-state index in [1.54, 1.807) is 26.8 Å². The third kappa shape index (κ3) is 7.83. The molecule has 0 aliphatic heterocycles. The molecule has 192 valence electrons. The molecule has 1 unspecified atom stereocenters. The first kappa shape index (κ1) is 28.4. The van der Waals surface area contributed by atoms with Crippen LogP contribution in [0.25, 0.3) is 0 Å². The lowest BCUT2D eigenvalue weighted by atomic mass is 10.1. The van der Waals surface area contributed by atoms with E-state index in [1.165, 1.54) is 50.4 Å². The maximum atomic E-state index is 14.4. The average Bonchev–Trinajstić information content (AvgIpc) is 2.74. The molecule has 2 aromatic carbocycles. The summed E-state index contributed by atoms with van der Waals surface area (Å²) in [6.07, 6.45) is 0.942. The van der Waals surface area contributed by atoms with Crippen molar-refractivity contribution >= 4 is 39.1 Å². The summed E-state index contributed by atoms with van der Waals surface area (Å²) >= 11 is 6.08. The predicted octanol–water partition coefficient (Wildman–Crippen LogP) is 3.59. The number of nitrogens with one attached hydrogen (secondary N) is 1. The molecule has 2 rings (SSSR count). The first-order valence-corrected chi connectivity index (χ1v) is 13.0. The van der Waals surface area contributed by atoms with Gasteiger partial charge < -0.3 is 15.0 Å². The van der Waals surface area contributed by atoms with Crippen LogP contribution in [0.15, 0.2) is 42.5 Å². The Balaban J connectivity index is 2.49. The van der Waals surface area contributed by atoms with Crippen molar-refractivity contribution in [2.24, 2.45) is 0 Å². The molecule has 0 saturated carbocycles. The lowest BCUT2D eigenvalue weighted by Gasteiger charge is -2.33. The first-order valence-electron chi connectivity index (χ1n) is 10.8. The van der Waals surface area contributed by atoms with Crippen LogP contribution in [0.2, 0.25) is 5.02 Å². The highest BCUT2D eigenvalue weighted by atomic mass is 35.5. The summed E-state index contributed by atoms with van der Waals surface area (Å²) in [4.78, 5) is 27.6. The fourth-order valence-electron chi connectivity index (χ4n) is 3.32. The third-order valence-corrected chi connectivity index (χ3v) is 6.41. The fraction of sp³-hybridized carbons (Fsp3) is 0.417. The fourth-order valence-corrected chi connectivity index (χ4v) is 4.33. The second-order valence-corrected chi connectivity index (χ2v) is 11.5. The van der Waals surface area contributed by atoms with Crippen molar-refractivity contribution in [3.05, 3.63) is 58.9 Å². The van der Waals surface area contributed by atoms with E-state index in [0.29, 0.717) is 0 Å². The molecule has 0 heterocycles. The zero-order valence-corrected chi connectivity index (χ0v) is 22.2. The molecule has 2 amide bonds. The van der Waals surface area contributed by atoms with Crippen molar-refractivity contribution in [1.82, 2.24) is 10.2 Å². The topological polar surface area (TPSA) is 96.0 Å². The van der Waals surface area contributed by atoms with Gasteiger partial charge in [-0.25, -0.2) is 12.8 Å². The first-order chi connectivity index (χ1) is 16.1. The quantitative estimate of drug-likeness (QED) is 0.537. The van der Waals surface area contributed by atoms with Crippen LogP contribution in [-0.2, 0) is 26.2 Å². The van der Waals surface area contributed by atoms with Crippen molar-refractivity contribution in [3.63, 3.8) is 0 Å². The Labute approximate surface area is 211 Å². The minimum Gasteiger partial charge on any atom is -0.495 e. The van der Waals surface area contributed by atoms with Crippen molar-refractivity contribution < 1.29 is 27.1 Å². The van der Waals surface area contributed by atoms with Gasteiger partial charge in [-0.3, -0.25) is 13.9 Å². The van der Waals surface area contributed by atoms with E-state index >= 15 is 0 Å². The Bertz CT molecular complexity index is 1180. The highest BCUT2D eigenvalue weighted by Crippen LogP contribution is 2.33. The second kappa shape index (κ2) is 11.3. The van der Waals surface area contributed by atoms with Gasteiger partial charge in [0, 0.05) is 22.7 Å². The molecule has 1 atom stereocenters. The van der Waals surface area contributed by atoms with Gasteiger partial charge in [-0.05, 0) is 52.0 Å². The van der Waals surface area contributed by atoms with E-state index in [0.717, 1.165) is 15.5 Å². The molecule has 0 radical (unpaired) electrons. The van der Waals surface area contributed by atoms with Crippen LogP contribution in [0.4, 0.5) is 10.1 Å². The Hall–Kier alpha value is -2.85. The van der Waals surface area contributed by atoms with Gasteiger partial charge in [0.2, 0.25) is 21.8 Å². The minimum atomic E-state index is -3.98. The van der Waals surface area contributed by atoms with Crippen LogP contribution in [0.3, 0.4) is 0 Å². The van der Waals surface area contributed by atoms with Gasteiger partial charge in [0.15, 0.2) is 0 Å². The molecule has 0 fully saturated rings. The predicted molar refractivity (Wildman–Crippen MR) is 135 cm³/mol. The molecular formula is C24H31ClFN3O5S. The lowest BCUT2D eigenvalue weighted by Crippen LogP contribution is -2.54. The number of halogens is 2. The van der Waals surface area contributed by atoms with Gasteiger partial charge in [-0.2, -0.15) is 0 Å². The number of ether oxygens (including phenoxy) is 1. The summed E-state index contributed by atoms with van der Waals surface area (Å²) in [5, 5.41) is 3.04. The summed E-state index contributed by atoms with van der Waals surface area (Å²) in [6.45, 7) is 5.97. The molecule has 0 aromatic heterocycles. The highest BCUT2D eigenvalue weighted by molar-refractivity contribution is 7.92. The van der Waals surface area contributed by atoms with Crippen LogP contribution in [-0.4, -0.2) is 56.6 Å². The van der Waals surface area contributed by atoms with E-state index in [9.17, 15) is 22.4 Å². The van der Waals surface area contributed by atoms with Gasteiger partial charge in [0.1, 0.15) is 24.2 Å².